The number of benzene rings is 2. The molecule has 2 fully saturated rings. The molecule has 0 spiro atoms. The van der Waals surface area contributed by atoms with Gasteiger partial charge in [-0.25, -0.2) is 0 Å². The lowest BCUT2D eigenvalue weighted by Gasteiger charge is -2.42. The first-order valence-electron chi connectivity index (χ1n) is 12.9. The van der Waals surface area contributed by atoms with Crippen molar-refractivity contribution >= 4 is 38.9 Å². The molecule has 3 aromatic rings. The number of thiophene rings is 1. The number of amides is 2. The van der Waals surface area contributed by atoms with Crippen molar-refractivity contribution in [3.8, 4) is 0 Å². The zero-order valence-corrected chi connectivity index (χ0v) is 21.2. The van der Waals surface area contributed by atoms with Gasteiger partial charge in [0.15, 0.2) is 0 Å². The summed E-state index contributed by atoms with van der Waals surface area (Å²) in [5, 5.41) is 3.57. The van der Waals surface area contributed by atoms with Crippen molar-refractivity contribution in [1.82, 2.24) is 9.80 Å². The predicted octanol–water partition coefficient (Wildman–Crippen LogP) is 5.66. The van der Waals surface area contributed by atoms with Crippen LogP contribution in [-0.2, 0) is 0 Å². The molecule has 0 unspecified atom stereocenters. The van der Waals surface area contributed by atoms with Crippen LogP contribution in [0.3, 0.4) is 0 Å². The number of imide groups is 1. The van der Waals surface area contributed by atoms with E-state index in [9.17, 15) is 9.59 Å². The lowest BCUT2D eigenvalue weighted by molar-refractivity contribution is 0.0462. The molecule has 6 heteroatoms. The number of piperazine rings is 1. The maximum absolute atomic E-state index is 12.9. The van der Waals surface area contributed by atoms with Crippen molar-refractivity contribution in [2.45, 2.75) is 45.1 Å². The van der Waals surface area contributed by atoms with E-state index in [1.807, 2.05) is 23.5 Å². The van der Waals surface area contributed by atoms with E-state index < -0.39 is 0 Å². The molecule has 0 N–H and O–H groups in total. The second kappa shape index (κ2) is 9.07. The molecule has 2 aromatic carbocycles. The fourth-order valence-corrected chi connectivity index (χ4v) is 7.05. The average Bonchev–Trinajstić information content (AvgIpc) is 3.47. The minimum Gasteiger partial charge on any atom is -0.368 e. The minimum absolute atomic E-state index is 0.0406. The van der Waals surface area contributed by atoms with Gasteiger partial charge >= 0.3 is 0 Å². The fraction of sp³-hybridized carbons (Fsp3) is 0.448. The van der Waals surface area contributed by atoms with Gasteiger partial charge in [-0.2, -0.15) is 0 Å². The molecule has 3 heterocycles. The third-order valence-corrected chi connectivity index (χ3v) is 9.45. The predicted molar refractivity (Wildman–Crippen MR) is 142 cm³/mol. The standard InChI is InChI=1S/C29H33N3O2S/c1-29(12-9-21(10-13-29)32-27(33)22-5-2-3-6-23(22)28(32)34)14-15-30-16-18-31(19-17-30)25-7-4-8-26-24(25)11-20-35-26/h2-8,11,20-21H,9-10,12-19H2,1H3. The SMILES string of the molecule is CC1(CCN2CCN(c3cccc4sccc34)CC2)CCC(N2C(=O)c3ccccc3C2=O)CC1. The molecule has 2 amide bonds. The van der Waals surface area contributed by atoms with Gasteiger partial charge in [0.25, 0.3) is 11.8 Å². The van der Waals surface area contributed by atoms with Crippen molar-refractivity contribution < 1.29 is 9.59 Å². The smallest absolute Gasteiger partial charge is 0.261 e. The first-order valence-corrected chi connectivity index (χ1v) is 13.8. The topological polar surface area (TPSA) is 43.9 Å². The molecule has 1 aromatic heterocycles. The van der Waals surface area contributed by atoms with E-state index in [-0.39, 0.29) is 23.3 Å². The molecule has 0 atom stereocenters. The number of hydrogen-bond acceptors (Lipinski definition) is 5. The summed E-state index contributed by atoms with van der Waals surface area (Å²) in [5.74, 6) is -0.203. The van der Waals surface area contributed by atoms with E-state index in [2.05, 4.69) is 46.4 Å². The first-order chi connectivity index (χ1) is 17.0. The van der Waals surface area contributed by atoms with Crippen LogP contribution in [-0.4, -0.2) is 60.4 Å². The highest BCUT2D eigenvalue weighted by Crippen LogP contribution is 2.42. The summed E-state index contributed by atoms with van der Waals surface area (Å²) in [4.78, 5) is 32.5. The Morgan fingerprint density at radius 1 is 0.886 bits per heavy atom. The molecule has 0 bridgehead atoms. The highest BCUT2D eigenvalue weighted by molar-refractivity contribution is 7.17. The highest BCUT2D eigenvalue weighted by Gasteiger charge is 2.42. The minimum atomic E-state index is -0.102. The average molecular weight is 488 g/mol. The van der Waals surface area contributed by atoms with Crippen LogP contribution in [0.1, 0.15) is 59.7 Å². The third kappa shape index (κ3) is 4.17. The molecule has 2 aliphatic heterocycles. The van der Waals surface area contributed by atoms with E-state index in [1.165, 1.54) is 22.2 Å². The Hall–Kier alpha value is -2.70. The summed E-state index contributed by atoms with van der Waals surface area (Å²) in [5.41, 5.74) is 2.80. The maximum Gasteiger partial charge on any atom is 0.261 e. The van der Waals surface area contributed by atoms with Gasteiger partial charge < -0.3 is 4.90 Å². The zero-order chi connectivity index (χ0) is 24.0. The van der Waals surface area contributed by atoms with Crippen LogP contribution in [0.15, 0.2) is 53.9 Å². The second-order valence-electron chi connectivity index (χ2n) is 10.8. The van der Waals surface area contributed by atoms with Crippen LogP contribution in [0, 0.1) is 5.41 Å². The highest BCUT2D eigenvalue weighted by atomic mass is 32.1. The molecule has 6 rings (SSSR count). The van der Waals surface area contributed by atoms with E-state index in [1.54, 1.807) is 17.0 Å². The molecule has 1 saturated heterocycles. The lowest BCUT2D eigenvalue weighted by atomic mass is 9.71. The summed E-state index contributed by atoms with van der Waals surface area (Å²) >= 11 is 1.82. The van der Waals surface area contributed by atoms with Gasteiger partial charge in [-0.3, -0.25) is 19.4 Å². The molecule has 1 saturated carbocycles. The van der Waals surface area contributed by atoms with Gasteiger partial charge in [-0.05, 0) is 79.8 Å². The van der Waals surface area contributed by atoms with Crippen LogP contribution >= 0.6 is 11.3 Å². The van der Waals surface area contributed by atoms with Crippen molar-refractivity contribution in [3.63, 3.8) is 0 Å². The van der Waals surface area contributed by atoms with Crippen LogP contribution in [0.2, 0.25) is 0 Å². The fourth-order valence-electron chi connectivity index (χ4n) is 6.24. The molecule has 0 radical (unpaired) electrons. The third-order valence-electron chi connectivity index (χ3n) is 8.57. The Kier molecular flexibility index (Phi) is 5.89. The van der Waals surface area contributed by atoms with Gasteiger partial charge in [0.2, 0.25) is 0 Å². The number of hydrogen-bond donors (Lipinski definition) is 0. The second-order valence-corrected chi connectivity index (χ2v) is 11.7. The molecular weight excluding hydrogens is 454 g/mol. The summed E-state index contributed by atoms with van der Waals surface area (Å²) in [7, 11) is 0. The van der Waals surface area contributed by atoms with E-state index >= 15 is 0 Å². The van der Waals surface area contributed by atoms with Crippen LogP contribution < -0.4 is 4.90 Å². The Labute approximate surface area is 211 Å². The Morgan fingerprint density at radius 3 is 2.26 bits per heavy atom. The van der Waals surface area contributed by atoms with E-state index in [0.717, 1.165) is 58.4 Å². The van der Waals surface area contributed by atoms with Crippen LogP contribution in [0.25, 0.3) is 10.1 Å². The number of fused-ring (bicyclic) bond motifs is 2. The molecular formula is C29H33N3O2S. The van der Waals surface area contributed by atoms with Gasteiger partial charge in [0.1, 0.15) is 0 Å². The zero-order valence-electron chi connectivity index (χ0n) is 20.4. The molecule has 182 valence electrons. The number of nitrogens with zero attached hydrogens (tertiary/aromatic N) is 3. The van der Waals surface area contributed by atoms with Crippen molar-refractivity contribution in [3.05, 3.63) is 65.0 Å². The Balaban J connectivity index is 1.01. The van der Waals surface area contributed by atoms with Gasteiger partial charge in [-0.1, -0.05) is 25.1 Å². The Bertz CT molecular complexity index is 1220. The quantitative estimate of drug-likeness (QED) is 0.436. The molecule has 1 aliphatic carbocycles. The molecule has 5 nitrogen and oxygen atoms in total. The molecule has 3 aliphatic rings. The first kappa shape index (κ1) is 22.7. The van der Waals surface area contributed by atoms with Crippen molar-refractivity contribution in [2.24, 2.45) is 5.41 Å². The Morgan fingerprint density at radius 2 is 1.57 bits per heavy atom. The van der Waals surface area contributed by atoms with Crippen LogP contribution in [0.4, 0.5) is 5.69 Å². The van der Waals surface area contributed by atoms with Gasteiger partial charge in [0, 0.05) is 48.0 Å². The van der Waals surface area contributed by atoms with E-state index in [4.69, 9.17) is 0 Å². The normalized spacial score (nSPS) is 25.5. The maximum atomic E-state index is 12.9. The number of anilines is 1. The molecule has 35 heavy (non-hydrogen) atoms. The number of carbonyl (C=O) groups is 2. The summed E-state index contributed by atoms with van der Waals surface area (Å²) in [6, 6.07) is 16.2. The van der Waals surface area contributed by atoms with Gasteiger partial charge in [0.05, 0.1) is 11.1 Å². The van der Waals surface area contributed by atoms with Crippen molar-refractivity contribution in [1.29, 1.82) is 0 Å². The van der Waals surface area contributed by atoms with Gasteiger partial charge in [-0.15, -0.1) is 11.3 Å². The van der Waals surface area contributed by atoms with Crippen LogP contribution in [0.5, 0.6) is 0 Å². The number of rotatable bonds is 5. The largest absolute Gasteiger partial charge is 0.368 e. The summed E-state index contributed by atoms with van der Waals surface area (Å²) in [6.07, 6.45) is 5.17. The summed E-state index contributed by atoms with van der Waals surface area (Å²) < 4.78 is 1.37. The monoisotopic (exact) mass is 487 g/mol. The lowest BCUT2D eigenvalue weighted by Crippen LogP contribution is -2.48. The van der Waals surface area contributed by atoms with Crippen molar-refractivity contribution in [2.75, 3.05) is 37.6 Å². The van der Waals surface area contributed by atoms with E-state index in [0.29, 0.717) is 11.1 Å². The number of carbonyl (C=O) groups excluding carboxylic acids is 2. The summed E-state index contributed by atoms with van der Waals surface area (Å²) in [6.45, 7) is 7.90.